The Morgan fingerprint density at radius 1 is 1.33 bits per heavy atom. The zero-order valence-corrected chi connectivity index (χ0v) is 9.05. The van der Waals surface area contributed by atoms with Gasteiger partial charge in [-0.3, -0.25) is 0 Å². The predicted molar refractivity (Wildman–Crippen MR) is 52.1 cm³/mol. The van der Waals surface area contributed by atoms with Gasteiger partial charge in [-0.25, -0.2) is 0 Å². The van der Waals surface area contributed by atoms with Crippen LogP contribution in [0.25, 0.3) is 0 Å². The van der Waals surface area contributed by atoms with Crippen LogP contribution in [0.5, 0.6) is 0 Å². The van der Waals surface area contributed by atoms with Crippen LogP contribution in [0.2, 0.25) is 0 Å². The first-order valence-electron chi connectivity index (χ1n) is 5.03. The first-order chi connectivity index (χ1) is 5.54. The molecule has 1 rings (SSSR count). The maximum absolute atomic E-state index is 5.31. The maximum Gasteiger partial charge on any atom is 0.0523 e. The number of methoxy groups -OCH3 is 1. The number of rotatable bonds is 4. The standard InChI is InChI=1S/C11H22O/c1-8(2)10-6-11(10,7-12-5)9(3)4/h8-10H,6-7H2,1-5H3. The van der Waals surface area contributed by atoms with E-state index in [-0.39, 0.29) is 0 Å². The van der Waals surface area contributed by atoms with E-state index in [1.165, 1.54) is 6.42 Å². The number of hydrogen-bond acceptors (Lipinski definition) is 1. The number of hydrogen-bond donors (Lipinski definition) is 0. The lowest BCUT2D eigenvalue weighted by atomic mass is 9.87. The molecule has 2 unspecified atom stereocenters. The lowest BCUT2D eigenvalue weighted by Gasteiger charge is -2.22. The Morgan fingerprint density at radius 3 is 2.17 bits per heavy atom. The quantitative estimate of drug-likeness (QED) is 0.630. The summed E-state index contributed by atoms with van der Waals surface area (Å²) in [5.74, 6) is 2.49. The van der Waals surface area contributed by atoms with Crippen LogP contribution < -0.4 is 0 Å². The monoisotopic (exact) mass is 170 g/mol. The van der Waals surface area contributed by atoms with Crippen LogP contribution in [-0.2, 0) is 4.74 Å². The van der Waals surface area contributed by atoms with Gasteiger partial charge < -0.3 is 4.74 Å². The second-order valence-electron chi connectivity index (χ2n) is 4.88. The van der Waals surface area contributed by atoms with E-state index >= 15 is 0 Å². The molecular formula is C11H22O. The van der Waals surface area contributed by atoms with Crippen molar-refractivity contribution in [1.82, 2.24) is 0 Å². The van der Waals surface area contributed by atoms with Gasteiger partial charge in [-0.15, -0.1) is 0 Å². The second kappa shape index (κ2) is 3.37. The van der Waals surface area contributed by atoms with Crippen molar-refractivity contribution in [1.29, 1.82) is 0 Å². The third kappa shape index (κ3) is 1.52. The zero-order chi connectivity index (χ0) is 9.35. The smallest absolute Gasteiger partial charge is 0.0523 e. The summed E-state index contributed by atoms with van der Waals surface area (Å²) in [7, 11) is 1.82. The molecule has 72 valence electrons. The van der Waals surface area contributed by atoms with Gasteiger partial charge in [0.2, 0.25) is 0 Å². The molecular weight excluding hydrogens is 148 g/mol. The molecule has 1 heteroatoms. The van der Waals surface area contributed by atoms with Crippen LogP contribution in [0.3, 0.4) is 0 Å². The van der Waals surface area contributed by atoms with Crippen molar-refractivity contribution in [3.8, 4) is 0 Å². The van der Waals surface area contributed by atoms with Gasteiger partial charge in [0.1, 0.15) is 0 Å². The summed E-state index contributed by atoms with van der Waals surface area (Å²) >= 11 is 0. The SMILES string of the molecule is COCC1(C(C)C)CC1C(C)C. The van der Waals surface area contributed by atoms with Gasteiger partial charge in [-0.1, -0.05) is 27.7 Å². The van der Waals surface area contributed by atoms with Gasteiger partial charge in [0.15, 0.2) is 0 Å². The van der Waals surface area contributed by atoms with Crippen molar-refractivity contribution in [2.24, 2.45) is 23.2 Å². The summed E-state index contributed by atoms with van der Waals surface area (Å²) in [5, 5.41) is 0. The van der Waals surface area contributed by atoms with Crippen molar-refractivity contribution in [3.05, 3.63) is 0 Å². The minimum absolute atomic E-state index is 0.517. The van der Waals surface area contributed by atoms with Crippen LogP contribution >= 0.6 is 0 Å². The Balaban J connectivity index is 2.55. The van der Waals surface area contributed by atoms with Gasteiger partial charge >= 0.3 is 0 Å². The van der Waals surface area contributed by atoms with Gasteiger partial charge in [-0.05, 0) is 29.6 Å². The highest BCUT2D eigenvalue weighted by Crippen LogP contribution is 2.61. The third-order valence-electron chi connectivity index (χ3n) is 3.55. The first kappa shape index (κ1) is 10.0. The summed E-state index contributed by atoms with van der Waals surface area (Å²) in [6.45, 7) is 10.2. The molecule has 0 amide bonds. The number of ether oxygens (including phenoxy) is 1. The molecule has 0 radical (unpaired) electrons. The van der Waals surface area contributed by atoms with Crippen LogP contribution in [0.1, 0.15) is 34.1 Å². The Hall–Kier alpha value is -0.0400. The maximum atomic E-state index is 5.31. The molecule has 0 aromatic heterocycles. The van der Waals surface area contributed by atoms with Gasteiger partial charge in [0.25, 0.3) is 0 Å². The highest BCUT2D eigenvalue weighted by Gasteiger charge is 2.56. The summed E-state index contributed by atoms with van der Waals surface area (Å²) in [6, 6.07) is 0. The van der Waals surface area contributed by atoms with E-state index in [9.17, 15) is 0 Å². The fraction of sp³-hybridized carbons (Fsp3) is 1.00. The Morgan fingerprint density at radius 2 is 1.92 bits per heavy atom. The fourth-order valence-corrected chi connectivity index (χ4v) is 2.52. The largest absolute Gasteiger partial charge is 0.384 e. The van der Waals surface area contributed by atoms with Crippen molar-refractivity contribution >= 4 is 0 Å². The molecule has 0 bridgehead atoms. The molecule has 1 fully saturated rings. The first-order valence-corrected chi connectivity index (χ1v) is 5.03. The van der Waals surface area contributed by atoms with E-state index in [2.05, 4.69) is 27.7 Å². The van der Waals surface area contributed by atoms with E-state index in [0.29, 0.717) is 5.41 Å². The molecule has 12 heavy (non-hydrogen) atoms. The van der Waals surface area contributed by atoms with Crippen molar-refractivity contribution in [2.75, 3.05) is 13.7 Å². The van der Waals surface area contributed by atoms with E-state index in [0.717, 1.165) is 24.4 Å². The topological polar surface area (TPSA) is 9.23 Å². The lowest BCUT2D eigenvalue weighted by Crippen LogP contribution is -2.20. The predicted octanol–water partition coefficient (Wildman–Crippen LogP) is 2.95. The van der Waals surface area contributed by atoms with Crippen molar-refractivity contribution < 1.29 is 4.74 Å². The second-order valence-corrected chi connectivity index (χ2v) is 4.88. The lowest BCUT2D eigenvalue weighted by molar-refractivity contribution is 0.0985. The van der Waals surface area contributed by atoms with E-state index in [1.807, 2.05) is 7.11 Å². The molecule has 2 atom stereocenters. The normalized spacial score (nSPS) is 34.8. The van der Waals surface area contributed by atoms with Gasteiger partial charge in [0.05, 0.1) is 6.61 Å². The van der Waals surface area contributed by atoms with Crippen LogP contribution in [-0.4, -0.2) is 13.7 Å². The van der Waals surface area contributed by atoms with Gasteiger partial charge in [-0.2, -0.15) is 0 Å². The molecule has 0 aromatic carbocycles. The molecule has 0 heterocycles. The Kier molecular flexibility index (Phi) is 2.82. The zero-order valence-electron chi connectivity index (χ0n) is 9.05. The third-order valence-corrected chi connectivity index (χ3v) is 3.55. The average Bonchev–Trinajstić information content (AvgIpc) is 2.65. The van der Waals surface area contributed by atoms with Crippen LogP contribution in [0, 0.1) is 23.2 Å². The average molecular weight is 170 g/mol. The molecule has 1 saturated carbocycles. The van der Waals surface area contributed by atoms with Crippen molar-refractivity contribution in [2.45, 2.75) is 34.1 Å². The molecule has 1 aliphatic rings. The van der Waals surface area contributed by atoms with E-state index in [4.69, 9.17) is 4.74 Å². The Bertz CT molecular complexity index is 151. The van der Waals surface area contributed by atoms with Crippen molar-refractivity contribution in [3.63, 3.8) is 0 Å². The molecule has 1 nitrogen and oxygen atoms in total. The minimum Gasteiger partial charge on any atom is -0.384 e. The molecule has 0 spiro atoms. The Labute approximate surface area is 76.5 Å². The summed E-state index contributed by atoms with van der Waals surface area (Å²) in [5.41, 5.74) is 0.517. The summed E-state index contributed by atoms with van der Waals surface area (Å²) in [4.78, 5) is 0. The highest BCUT2D eigenvalue weighted by atomic mass is 16.5. The highest BCUT2D eigenvalue weighted by molar-refractivity contribution is 5.05. The molecule has 0 saturated heterocycles. The van der Waals surface area contributed by atoms with E-state index < -0.39 is 0 Å². The van der Waals surface area contributed by atoms with E-state index in [1.54, 1.807) is 0 Å². The summed E-state index contributed by atoms with van der Waals surface area (Å²) in [6.07, 6.45) is 1.37. The molecule has 1 aliphatic carbocycles. The summed E-state index contributed by atoms with van der Waals surface area (Å²) < 4.78 is 5.31. The van der Waals surface area contributed by atoms with Crippen LogP contribution in [0.15, 0.2) is 0 Å². The fourth-order valence-electron chi connectivity index (χ4n) is 2.52. The van der Waals surface area contributed by atoms with Crippen LogP contribution in [0.4, 0.5) is 0 Å². The van der Waals surface area contributed by atoms with Gasteiger partial charge in [0, 0.05) is 7.11 Å². The minimum atomic E-state index is 0.517. The molecule has 0 aromatic rings. The molecule has 0 aliphatic heterocycles. The molecule has 0 N–H and O–H groups in total.